The molecule has 0 saturated carbocycles. The lowest BCUT2D eigenvalue weighted by Crippen LogP contribution is -1.96. The predicted molar refractivity (Wildman–Crippen MR) is 61.4 cm³/mol. The van der Waals surface area contributed by atoms with E-state index < -0.39 is 0 Å². The van der Waals surface area contributed by atoms with Crippen molar-refractivity contribution in [3.8, 4) is 11.4 Å². The minimum atomic E-state index is 0.691. The van der Waals surface area contributed by atoms with Gasteiger partial charge in [0.05, 0.1) is 0 Å². The molecule has 0 bridgehead atoms. The number of benzene rings is 1. The van der Waals surface area contributed by atoms with Crippen LogP contribution in [0.25, 0.3) is 11.4 Å². The molecule has 0 radical (unpaired) electrons. The van der Waals surface area contributed by atoms with Gasteiger partial charge in [0.1, 0.15) is 0 Å². The summed E-state index contributed by atoms with van der Waals surface area (Å²) in [4.78, 5) is 8.57. The zero-order valence-corrected chi connectivity index (χ0v) is 8.86. The average molecular weight is 199 g/mol. The monoisotopic (exact) mass is 199 g/mol. The number of nitrogen functional groups attached to an aromatic ring is 1. The van der Waals surface area contributed by atoms with Crippen molar-refractivity contribution in [2.75, 3.05) is 5.73 Å². The maximum atomic E-state index is 5.89. The van der Waals surface area contributed by atoms with Gasteiger partial charge in [-0.15, -0.1) is 0 Å². The van der Waals surface area contributed by atoms with Crippen LogP contribution in [0.15, 0.2) is 30.5 Å². The van der Waals surface area contributed by atoms with Crippen molar-refractivity contribution in [1.82, 2.24) is 9.97 Å². The number of aromatic nitrogens is 2. The van der Waals surface area contributed by atoms with Gasteiger partial charge >= 0.3 is 0 Å². The maximum Gasteiger partial charge on any atom is 0.161 e. The van der Waals surface area contributed by atoms with Crippen molar-refractivity contribution >= 4 is 5.69 Å². The Balaban J connectivity index is 2.58. The van der Waals surface area contributed by atoms with E-state index in [0.29, 0.717) is 11.5 Å². The van der Waals surface area contributed by atoms with E-state index in [9.17, 15) is 0 Å². The molecule has 0 aliphatic carbocycles. The minimum Gasteiger partial charge on any atom is -0.398 e. The fourth-order valence-electron chi connectivity index (χ4n) is 1.44. The summed E-state index contributed by atoms with van der Waals surface area (Å²) in [5.74, 6) is 0.691. The number of hydrogen-bond donors (Lipinski definition) is 1. The van der Waals surface area contributed by atoms with Gasteiger partial charge < -0.3 is 5.73 Å². The molecule has 3 heteroatoms. The van der Waals surface area contributed by atoms with Crippen LogP contribution < -0.4 is 5.73 Å². The number of nitrogens with two attached hydrogens (primary N) is 1. The molecule has 2 N–H and O–H groups in total. The van der Waals surface area contributed by atoms with E-state index in [1.165, 1.54) is 0 Å². The van der Waals surface area contributed by atoms with Gasteiger partial charge in [0.2, 0.25) is 0 Å². The molecule has 2 aromatic rings. The van der Waals surface area contributed by atoms with Gasteiger partial charge in [0.25, 0.3) is 0 Å². The Morgan fingerprint density at radius 2 is 1.93 bits per heavy atom. The van der Waals surface area contributed by atoms with Gasteiger partial charge in [-0.2, -0.15) is 0 Å². The molecule has 0 fully saturated rings. The van der Waals surface area contributed by atoms with E-state index in [4.69, 9.17) is 5.73 Å². The first kappa shape index (κ1) is 9.65. The zero-order valence-electron chi connectivity index (χ0n) is 8.86. The lowest BCUT2D eigenvalue weighted by atomic mass is 10.1. The SMILES string of the molecule is Cc1ccc(N)c(-c2nccc(C)n2)c1. The number of rotatable bonds is 1. The Morgan fingerprint density at radius 1 is 1.13 bits per heavy atom. The summed E-state index contributed by atoms with van der Waals surface area (Å²) in [5, 5.41) is 0. The Hall–Kier alpha value is -1.90. The molecule has 1 aromatic carbocycles. The zero-order chi connectivity index (χ0) is 10.8. The number of aryl methyl sites for hydroxylation is 2. The third-order valence-corrected chi connectivity index (χ3v) is 2.24. The standard InChI is InChI=1S/C12H13N3/c1-8-3-4-11(13)10(7-8)12-14-6-5-9(2)15-12/h3-7H,13H2,1-2H3. The summed E-state index contributed by atoms with van der Waals surface area (Å²) in [6.07, 6.45) is 1.75. The Bertz CT molecular complexity index is 492. The summed E-state index contributed by atoms with van der Waals surface area (Å²) in [6, 6.07) is 7.74. The molecule has 0 saturated heterocycles. The lowest BCUT2D eigenvalue weighted by molar-refractivity contribution is 1.11. The van der Waals surface area contributed by atoms with E-state index in [1.54, 1.807) is 6.20 Å². The normalized spacial score (nSPS) is 10.3. The van der Waals surface area contributed by atoms with Crippen LogP contribution in [0.5, 0.6) is 0 Å². The van der Waals surface area contributed by atoms with Crippen molar-refractivity contribution in [2.24, 2.45) is 0 Å². The van der Waals surface area contributed by atoms with Crippen LogP contribution in [-0.2, 0) is 0 Å². The third kappa shape index (κ3) is 1.96. The highest BCUT2D eigenvalue weighted by atomic mass is 14.9. The first-order chi connectivity index (χ1) is 7.16. The first-order valence-electron chi connectivity index (χ1n) is 4.83. The Labute approximate surface area is 89.0 Å². The van der Waals surface area contributed by atoms with Crippen LogP contribution in [0.3, 0.4) is 0 Å². The topological polar surface area (TPSA) is 51.8 Å². The molecular weight excluding hydrogens is 186 g/mol. The lowest BCUT2D eigenvalue weighted by Gasteiger charge is -2.05. The second-order valence-corrected chi connectivity index (χ2v) is 3.61. The molecule has 15 heavy (non-hydrogen) atoms. The maximum absolute atomic E-state index is 5.89. The second kappa shape index (κ2) is 3.69. The van der Waals surface area contributed by atoms with E-state index >= 15 is 0 Å². The van der Waals surface area contributed by atoms with Crippen LogP contribution in [0.4, 0.5) is 5.69 Å². The number of hydrogen-bond acceptors (Lipinski definition) is 3. The fraction of sp³-hybridized carbons (Fsp3) is 0.167. The van der Waals surface area contributed by atoms with Gasteiger partial charge in [0, 0.05) is 23.1 Å². The first-order valence-corrected chi connectivity index (χ1v) is 4.83. The van der Waals surface area contributed by atoms with Crippen LogP contribution in [0.2, 0.25) is 0 Å². The van der Waals surface area contributed by atoms with Crippen LogP contribution in [-0.4, -0.2) is 9.97 Å². The molecular formula is C12H13N3. The Morgan fingerprint density at radius 3 is 2.67 bits per heavy atom. The highest BCUT2D eigenvalue weighted by Gasteiger charge is 2.05. The highest BCUT2D eigenvalue weighted by molar-refractivity contribution is 5.72. The highest BCUT2D eigenvalue weighted by Crippen LogP contribution is 2.23. The second-order valence-electron chi connectivity index (χ2n) is 3.61. The van der Waals surface area contributed by atoms with Crippen molar-refractivity contribution < 1.29 is 0 Å². The summed E-state index contributed by atoms with van der Waals surface area (Å²) >= 11 is 0. The molecule has 1 aromatic heterocycles. The molecule has 1 heterocycles. The van der Waals surface area contributed by atoms with Gasteiger partial charge in [-0.1, -0.05) is 11.6 Å². The van der Waals surface area contributed by atoms with Crippen molar-refractivity contribution in [3.05, 3.63) is 41.7 Å². The fourth-order valence-corrected chi connectivity index (χ4v) is 1.44. The summed E-state index contributed by atoms with van der Waals surface area (Å²) < 4.78 is 0. The smallest absolute Gasteiger partial charge is 0.161 e. The van der Waals surface area contributed by atoms with Gasteiger partial charge in [-0.05, 0) is 32.0 Å². The molecule has 76 valence electrons. The van der Waals surface area contributed by atoms with Gasteiger partial charge in [0.15, 0.2) is 5.82 Å². The van der Waals surface area contributed by atoms with E-state index in [-0.39, 0.29) is 0 Å². The molecule has 0 spiro atoms. The quantitative estimate of drug-likeness (QED) is 0.717. The predicted octanol–water partition coefficient (Wildman–Crippen LogP) is 2.34. The number of nitrogens with zero attached hydrogens (tertiary/aromatic N) is 2. The molecule has 0 aliphatic rings. The van der Waals surface area contributed by atoms with E-state index in [2.05, 4.69) is 9.97 Å². The van der Waals surface area contributed by atoms with Crippen molar-refractivity contribution in [2.45, 2.75) is 13.8 Å². The van der Waals surface area contributed by atoms with Crippen LogP contribution in [0, 0.1) is 13.8 Å². The van der Waals surface area contributed by atoms with Gasteiger partial charge in [-0.25, -0.2) is 9.97 Å². The van der Waals surface area contributed by atoms with Crippen LogP contribution in [0.1, 0.15) is 11.3 Å². The van der Waals surface area contributed by atoms with E-state index in [0.717, 1.165) is 16.8 Å². The average Bonchev–Trinajstić information content (AvgIpc) is 2.22. The van der Waals surface area contributed by atoms with E-state index in [1.807, 2.05) is 38.1 Å². The van der Waals surface area contributed by atoms with Crippen molar-refractivity contribution in [1.29, 1.82) is 0 Å². The molecule has 3 nitrogen and oxygen atoms in total. The minimum absolute atomic E-state index is 0.691. The summed E-state index contributed by atoms with van der Waals surface area (Å²) in [6.45, 7) is 3.97. The summed E-state index contributed by atoms with van der Waals surface area (Å²) in [7, 11) is 0. The molecule has 0 unspecified atom stereocenters. The Kier molecular flexibility index (Phi) is 2.37. The molecule has 0 aliphatic heterocycles. The van der Waals surface area contributed by atoms with Crippen LogP contribution >= 0.6 is 0 Å². The van der Waals surface area contributed by atoms with Gasteiger partial charge in [-0.3, -0.25) is 0 Å². The summed E-state index contributed by atoms with van der Waals surface area (Å²) in [5.41, 5.74) is 9.61. The third-order valence-electron chi connectivity index (χ3n) is 2.24. The molecule has 2 rings (SSSR count). The van der Waals surface area contributed by atoms with Crippen molar-refractivity contribution in [3.63, 3.8) is 0 Å². The molecule has 0 amide bonds. The molecule has 0 atom stereocenters. The largest absolute Gasteiger partial charge is 0.398 e. The number of anilines is 1.